The molecule has 2 aliphatic carbocycles. The molecule has 2 atom stereocenters. The van der Waals surface area contributed by atoms with E-state index in [9.17, 15) is 9.59 Å². The molecular formula is C21H26ClNO3S2. The third kappa shape index (κ3) is 4.34. The first-order valence-corrected chi connectivity index (χ1v) is 12.4. The van der Waals surface area contributed by atoms with Crippen molar-refractivity contribution in [1.29, 1.82) is 0 Å². The van der Waals surface area contributed by atoms with E-state index in [-0.39, 0.29) is 24.4 Å². The van der Waals surface area contributed by atoms with Gasteiger partial charge in [-0.1, -0.05) is 30.2 Å². The molecule has 1 amide bonds. The van der Waals surface area contributed by atoms with Crippen molar-refractivity contribution < 1.29 is 14.3 Å². The van der Waals surface area contributed by atoms with Crippen molar-refractivity contribution in [2.75, 3.05) is 18.1 Å². The van der Waals surface area contributed by atoms with Gasteiger partial charge < -0.3 is 10.1 Å². The van der Waals surface area contributed by atoms with Gasteiger partial charge in [-0.3, -0.25) is 9.59 Å². The zero-order valence-corrected chi connectivity index (χ0v) is 18.2. The van der Waals surface area contributed by atoms with Gasteiger partial charge in [0.2, 0.25) is 0 Å². The highest BCUT2D eigenvalue weighted by molar-refractivity contribution is 8.21. The lowest BCUT2D eigenvalue weighted by Gasteiger charge is -2.51. The number of carbonyl (C=O) groups excluding carboxylic acids is 2. The Hall–Kier alpha value is -0.850. The van der Waals surface area contributed by atoms with Gasteiger partial charge in [-0.15, -0.1) is 23.5 Å². The molecule has 7 heteroatoms. The van der Waals surface area contributed by atoms with Gasteiger partial charge in [0, 0.05) is 23.1 Å². The van der Waals surface area contributed by atoms with Crippen LogP contribution in [0, 0.1) is 17.8 Å². The molecule has 3 fully saturated rings. The smallest absolute Gasteiger partial charge is 0.309 e. The number of ether oxygens (including phenoxy) is 1. The first-order chi connectivity index (χ1) is 13.6. The number of nitrogens with one attached hydrogen (secondary N) is 1. The number of hydrogen-bond donors (Lipinski definition) is 1. The van der Waals surface area contributed by atoms with Gasteiger partial charge in [0.1, 0.15) is 0 Å². The SMILES string of the molecule is O=C(COC(=O)C1CC2CCCC(C1)C21SCCS1)NCc1ccc(Cl)cc1. The second-order valence-electron chi connectivity index (χ2n) is 7.92. The summed E-state index contributed by atoms with van der Waals surface area (Å²) < 4.78 is 5.73. The molecule has 1 heterocycles. The molecule has 2 unspecified atom stereocenters. The first kappa shape index (κ1) is 20.4. The molecule has 1 N–H and O–H groups in total. The third-order valence-electron chi connectivity index (χ3n) is 6.20. The Bertz CT molecular complexity index is 705. The van der Waals surface area contributed by atoms with Crippen LogP contribution in [0.5, 0.6) is 0 Å². The molecule has 1 spiro atoms. The number of thioether (sulfide) groups is 2. The van der Waals surface area contributed by atoms with Crippen molar-refractivity contribution in [3.8, 4) is 0 Å². The molecule has 1 aromatic rings. The number of esters is 1. The van der Waals surface area contributed by atoms with Gasteiger partial charge in [0.25, 0.3) is 5.91 Å². The van der Waals surface area contributed by atoms with Crippen LogP contribution in [0.2, 0.25) is 5.02 Å². The minimum atomic E-state index is -0.266. The lowest BCUT2D eigenvalue weighted by atomic mass is 9.67. The van der Waals surface area contributed by atoms with Gasteiger partial charge in [-0.2, -0.15) is 0 Å². The van der Waals surface area contributed by atoms with Crippen molar-refractivity contribution in [3.05, 3.63) is 34.9 Å². The molecule has 1 aromatic carbocycles. The van der Waals surface area contributed by atoms with E-state index < -0.39 is 0 Å². The highest BCUT2D eigenvalue weighted by atomic mass is 35.5. The van der Waals surface area contributed by atoms with E-state index in [1.807, 2.05) is 12.1 Å². The summed E-state index contributed by atoms with van der Waals surface area (Å²) in [6.07, 6.45) is 5.57. The van der Waals surface area contributed by atoms with Crippen LogP contribution in [0.15, 0.2) is 24.3 Å². The van der Waals surface area contributed by atoms with Crippen LogP contribution in [0.4, 0.5) is 0 Å². The van der Waals surface area contributed by atoms with Crippen molar-refractivity contribution >= 4 is 47.0 Å². The highest BCUT2D eigenvalue weighted by Crippen LogP contribution is 2.64. The van der Waals surface area contributed by atoms with Crippen molar-refractivity contribution in [2.24, 2.45) is 17.8 Å². The Morgan fingerprint density at radius 3 is 2.39 bits per heavy atom. The largest absolute Gasteiger partial charge is 0.455 e. The van der Waals surface area contributed by atoms with Crippen LogP contribution < -0.4 is 5.32 Å². The van der Waals surface area contributed by atoms with E-state index >= 15 is 0 Å². The normalized spacial score (nSPS) is 28.1. The average Bonchev–Trinajstić information content (AvgIpc) is 3.15. The Labute approximate surface area is 179 Å². The summed E-state index contributed by atoms with van der Waals surface area (Å²) in [4.78, 5) is 24.7. The van der Waals surface area contributed by atoms with Gasteiger partial charge in [-0.25, -0.2) is 0 Å². The van der Waals surface area contributed by atoms with Crippen molar-refractivity contribution in [2.45, 2.75) is 42.7 Å². The Balaban J connectivity index is 1.25. The summed E-state index contributed by atoms with van der Waals surface area (Å²) in [5.74, 6) is 3.18. The van der Waals surface area contributed by atoms with Crippen LogP contribution >= 0.6 is 35.1 Å². The zero-order chi connectivity index (χ0) is 19.6. The zero-order valence-electron chi connectivity index (χ0n) is 15.8. The topological polar surface area (TPSA) is 55.4 Å². The van der Waals surface area contributed by atoms with Gasteiger partial charge in [-0.05, 0) is 55.2 Å². The predicted molar refractivity (Wildman–Crippen MR) is 115 cm³/mol. The fourth-order valence-electron chi connectivity index (χ4n) is 4.91. The van der Waals surface area contributed by atoms with Crippen molar-refractivity contribution in [1.82, 2.24) is 5.32 Å². The standard InChI is InChI=1S/C21H26ClNO3S2/c22-18-6-4-14(5-7-18)12-23-19(24)13-26-20(25)15-10-16-2-1-3-17(11-15)21(16)27-8-9-28-21/h4-7,15-17H,1-3,8-13H2,(H,23,24). The number of amides is 1. The fourth-order valence-corrected chi connectivity index (χ4v) is 8.97. The molecule has 2 saturated carbocycles. The quantitative estimate of drug-likeness (QED) is 0.684. The number of benzene rings is 1. The molecule has 4 nitrogen and oxygen atoms in total. The summed E-state index contributed by atoms with van der Waals surface area (Å²) in [7, 11) is 0. The van der Waals surface area contributed by atoms with E-state index in [2.05, 4.69) is 28.8 Å². The molecule has 4 rings (SSSR count). The molecule has 0 radical (unpaired) electrons. The number of rotatable bonds is 5. The molecule has 2 bridgehead atoms. The summed E-state index contributed by atoms with van der Waals surface area (Å²) in [5, 5.41) is 3.45. The van der Waals surface area contributed by atoms with Crippen molar-refractivity contribution in [3.63, 3.8) is 0 Å². The second kappa shape index (κ2) is 8.88. The minimum Gasteiger partial charge on any atom is -0.455 e. The second-order valence-corrected chi connectivity index (χ2v) is 11.4. The van der Waals surface area contributed by atoms with E-state index in [1.54, 1.807) is 12.1 Å². The Kier molecular flexibility index (Phi) is 6.48. The molecule has 1 aliphatic heterocycles. The molecule has 152 valence electrons. The van der Waals surface area contributed by atoms with Crippen LogP contribution in [-0.2, 0) is 20.9 Å². The summed E-state index contributed by atoms with van der Waals surface area (Å²) in [5.41, 5.74) is 0.959. The average molecular weight is 440 g/mol. The number of halogens is 1. The fraction of sp³-hybridized carbons (Fsp3) is 0.619. The highest BCUT2D eigenvalue weighted by Gasteiger charge is 2.55. The maximum Gasteiger partial charge on any atom is 0.309 e. The predicted octanol–water partition coefficient (Wildman–Crippen LogP) is 4.50. The molecule has 1 saturated heterocycles. The van der Waals surface area contributed by atoms with E-state index in [1.165, 1.54) is 30.8 Å². The molecular weight excluding hydrogens is 414 g/mol. The maximum absolute atomic E-state index is 12.6. The van der Waals surface area contributed by atoms with Gasteiger partial charge in [0.15, 0.2) is 6.61 Å². The lowest BCUT2D eigenvalue weighted by Crippen LogP contribution is -2.48. The minimum absolute atomic E-state index is 0.0493. The third-order valence-corrected chi connectivity index (χ3v) is 10.5. The van der Waals surface area contributed by atoms with Crippen LogP contribution in [0.3, 0.4) is 0 Å². The lowest BCUT2D eigenvalue weighted by molar-refractivity contribution is -0.155. The maximum atomic E-state index is 12.6. The summed E-state index contributed by atoms with van der Waals surface area (Å²) in [6, 6.07) is 7.31. The van der Waals surface area contributed by atoms with Gasteiger partial charge >= 0.3 is 5.97 Å². The van der Waals surface area contributed by atoms with Crippen LogP contribution in [-0.4, -0.2) is 34.1 Å². The van der Waals surface area contributed by atoms with E-state index in [0.717, 1.165) is 18.4 Å². The summed E-state index contributed by atoms with van der Waals surface area (Å²) >= 11 is 10.1. The number of hydrogen-bond acceptors (Lipinski definition) is 5. The van der Waals surface area contributed by atoms with E-state index in [0.29, 0.717) is 27.5 Å². The number of carbonyl (C=O) groups is 2. The van der Waals surface area contributed by atoms with E-state index in [4.69, 9.17) is 16.3 Å². The van der Waals surface area contributed by atoms with Crippen LogP contribution in [0.25, 0.3) is 0 Å². The Morgan fingerprint density at radius 1 is 1.11 bits per heavy atom. The first-order valence-electron chi connectivity index (χ1n) is 10.0. The molecule has 28 heavy (non-hydrogen) atoms. The monoisotopic (exact) mass is 439 g/mol. The van der Waals surface area contributed by atoms with Gasteiger partial charge in [0.05, 0.1) is 10.00 Å². The Morgan fingerprint density at radius 2 is 1.75 bits per heavy atom. The molecule has 3 aliphatic rings. The van der Waals surface area contributed by atoms with Crippen LogP contribution in [0.1, 0.15) is 37.7 Å². The summed E-state index contributed by atoms with van der Waals surface area (Å²) in [6.45, 7) is 0.199. The molecule has 0 aromatic heterocycles.